The van der Waals surface area contributed by atoms with Crippen molar-refractivity contribution >= 4 is 6.03 Å². The van der Waals surface area contributed by atoms with Gasteiger partial charge in [-0.2, -0.15) is 0 Å². The van der Waals surface area contributed by atoms with Crippen molar-refractivity contribution in [1.29, 1.82) is 0 Å². The second kappa shape index (κ2) is 5.95. The monoisotopic (exact) mass is 213 g/mol. The molecule has 0 aromatic rings. The van der Waals surface area contributed by atoms with Crippen molar-refractivity contribution in [1.82, 2.24) is 15.5 Å². The first-order valence-electron chi connectivity index (χ1n) is 5.96. The molecule has 1 fully saturated rings. The van der Waals surface area contributed by atoms with Crippen LogP contribution in [0, 0.1) is 0 Å². The summed E-state index contributed by atoms with van der Waals surface area (Å²) in [5.74, 6) is 0. The van der Waals surface area contributed by atoms with Crippen LogP contribution in [0.15, 0.2) is 0 Å². The molecule has 4 nitrogen and oxygen atoms in total. The molecule has 2 amide bonds. The van der Waals surface area contributed by atoms with Gasteiger partial charge in [-0.3, -0.25) is 0 Å². The van der Waals surface area contributed by atoms with Crippen molar-refractivity contribution in [2.24, 2.45) is 0 Å². The number of piperidine rings is 1. The smallest absolute Gasteiger partial charge is 0.317 e. The Morgan fingerprint density at radius 1 is 1.40 bits per heavy atom. The van der Waals surface area contributed by atoms with Gasteiger partial charge in [0.2, 0.25) is 0 Å². The Hall–Kier alpha value is -0.770. The van der Waals surface area contributed by atoms with E-state index in [1.165, 1.54) is 0 Å². The minimum atomic E-state index is 0.0707. The van der Waals surface area contributed by atoms with Crippen LogP contribution in [-0.2, 0) is 0 Å². The molecule has 0 aliphatic carbocycles. The average Bonchev–Trinajstić information content (AvgIpc) is 2.23. The molecule has 1 aliphatic rings. The number of hydrogen-bond donors (Lipinski definition) is 2. The summed E-state index contributed by atoms with van der Waals surface area (Å²) in [6, 6.07) is 0.960. The molecule has 1 heterocycles. The first-order valence-corrected chi connectivity index (χ1v) is 5.96. The number of nitrogens with one attached hydrogen (secondary N) is 2. The van der Waals surface area contributed by atoms with Crippen LogP contribution in [0.25, 0.3) is 0 Å². The third kappa shape index (κ3) is 3.70. The SMILES string of the molecule is CCN(CC)C(=O)NC1CCC(C)NC1. The third-order valence-electron chi connectivity index (χ3n) is 3.04. The van der Waals surface area contributed by atoms with Crippen LogP contribution in [0.2, 0.25) is 0 Å². The Labute approximate surface area is 92.4 Å². The summed E-state index contributed by atoms with van der Waals surface area (Å²) in [5.41, 5.74) is 0. The number of nitrogens with zero attached hydrogens (tertiary/aromatic N) is 1. The molecule has 2 atom stereocenters. The first kappa shape index (κ1) is 12.3. The van der Waals surface area contributed by atoms with Crippen molar-refractivity contribution in [3.05, 3.63) is 0 Å². The van der Waals surface area contributed by atoms with Gasteiger partial charge in [0.1, 0.15) is 0 Å². The van der Waals surface area contributed by atoms with Gasteiger partial charge in [-0.15, -0.1) is 0 Å². The molecule has 88 valence electrons. The van der Waals surface area contributed by atoms with Crippen LogP contribution in [-0.4, -0.2) is 42.6 Å². The molecule has 0 saturated carbocycles. The Kier molecular flexibility index (Phi) is 4.88. The first-order chi connectivity index (χ1) is 7.17. The van der Waals surface area contributed by atoms with E-state index in [9.17, 15) is 4.79 Å². The van der Waals surface area contributed by atoms with Crippen LogP contribution >= 0.6 is 0 Å². The molecule has 0 radical (unpaired) electrons. The minimum absolute atomic E-state index is 0.0707. The zero-order valence-corrected chi connectivity index (χ0v) is 10.0. The van der Waals surface area contributed by atoms with Gasteiger partial charge >= 0.3 is 6.03 Å². The van der Waals surface area contributed by atoms with E-state index < -0.39 is 0 Å². The minimum Gasteiger partial charge on any atom is -0.334 e. The highest BCUT2D eigenvalue weighted by atomic mass is 16.2. The molecule has 0 spiro atoms. The number of hydrogen-bond acceptors (Lipinski definition) is 2. The van der Waals surface area contributed by atoms with E-state index in [1.54, 1.807) is 0 Å². The second-order valence-corrected chi connectivity index (χ2v) is 4.21. The highest BCUT2D eigenvalue weighted by Crippen LogP contribution is 2.07. The van der Waals surface area contributed by atoms with Gasteiger partial charge in [0.15, 0.2) is 0 Å². The van der Waals surface area contributed by atoms with Crippen molar-refractivity contribution < 1.29 is 4.79 Å². The summed E-state index contributed by atoms with van der Waals surface area (Å²) < 4.78 is 0. The molecule has 1 rings (SSSR count). The molecular weight excluding hydrogens is 190 g/mol. The number of amides is 2. The molecule has 0 aromatic carbocycles. The fourth-order valence-electron chi connectivity index (χ4n) is 1.90. The Bertz CT molecular complexity index is 196. The lowest BCUT2D eigenvalue weighted by molar-refractivity contribution is 0.194. The van der Waals surface area contributed by atoms with Gasteiger partial charge in [0.25, 0.3) is 0 Å². The quantitative estimate of drug-likeness (QED) is 0.739. The Morgan fingerprint density at radius 2 is 2.07 bits per heavy atom. The number of urea groups is 1. The summed E-state index contributed by atoms with van der Waals surface area (Å²) in [6.07, 6.45) is 2.23. The average molecular weight is 213 g/mol. The molecule has 1 aliphatic heterocycles. The van der Waals surface area contributed by atoms with Crippen LogP contribution in [0.4, 0.5) is 4.79 Å². The maximum absolute atomic E-state index is 11.7. The second-order valence-electron chi connectivity index (χ2n) is 4.21. The normalized spacial score (nSPS) is 26.1. The highest BCUT2D eigenvalue weighted by Gasteiger charge is 2.20. The van der Waals surface area contributed by atoms with Gasteiger partial charge in [0.05, 0.1) is 0 Å². The van der Waals surface area contributed by atoms with Crippen molar-refractivity contribution in [3.63, 3.8) is 0 Å². The zero-order valence-electron chi connectivity index (χ0n) is 10.0. The van der Waals surface area contributed by atoms with Crippen molar-refractivity contribution in [2.45, 2.75) is 45.7 Å². The van der Waals surface area contributed by atoms with E-state index in [1.807, 2.05) is 18.7 Å². The largest absolute Gasteiger partial charge is 0.334 e. The molecule has 1 saturated heterocycles. The zero-order chi connectivity index (χ0) is 11.3. The molecule has 4 heteroatoms. The van der Waals surface area contributed by atoms with E-state index in [-0.39, 0.29) is 6.03 Å². The van der Waals surface area contributed by atoms with Gasteiger partial charge in [-0.1, -0.05) is 0 Å². The topological polar surface area (TPSA) is 44.4 Å². The van der Waals surface area contributed by atoms with Crippen molar-refractivity contribution in [3.8, 4) is 0 Å². The Morgan fingerprint density at radius 3 is 2.53 bits per heavy atom. The molecule has 15 heavy (non-hydrogen) atoms. The van der Waals surface area contributed by atoms with Crippen LogP contribution < -0.4 is 10.6 Å². The fraction of sp³-hybridized carbons (Fsp3) is 0.909. The van der Waals surface area contributed by atoms with Gasteiger partial charge < -0.3 is 15.5 Å². The molecule has 2 unspecified atom stereocenters. The summed E-state index contributed by atoms with van der Waals surface area (Å²) in [4.78, 5) is 13.6. The third-order valence-corrected chi connectivity index (χ3v) is 3.04. The maximum Gasteiger partial charge on any atom is 0.317 e. The lowest BCUT2D eigenvalue weighted by Crippen LogP contribution is -2.52. The number of carbonyl (C=O) groups is 1. The molecule has 2 N–H and O–H groups in total. The van der Waals surface area contributed by atoms with E-state index >= 15 is 0 Å². The van der Waals surface area contributed by atoms with Gasteiger partial charge in [-0.25, -0.2) is 4.79 Å². The van der Waals surface area contributed by atoms with Crippen LogP contribution in [0.1, 0.15) is 33.6 Å². The molecule has 0 aromatic heterocycles. The predicted octanol–water partition coefficient (Wildman–Crippen LogP) is 1.18. The highest BCUT2D eigenvalue weighted by molar-refractivity contribution is 5.74. The standard InChI is InChI=1S/C11H23N3O/c1-4-14(5-2)11(15)13-10-7-6-9(3)12-8-10/h9-10,12H,4-8H2,1-3H3,(H,13,15). The van der Waals surface area contributed by atoms with Gasteiger partial charge in [0, 0.05) is 31.7 Å². The molecule has 0 bridgehead atoms. The van der Waals surface area contributed by atoms with E-state index in [2.05, 4.69) is 17.6 Å². The summed E-state index contributed by atoms with van der Waals surface area (Å²) in [5, 5.41) is 6.44. The van der Waals surface area contributed by atoms with E-state index in [4.69, 9.17) is 0 Å². The predicted molar refractivity (Wildman–Crippen MR) is 61.9 cm³/mol. The summed E-state index contributed by atoms with van der Waals surface area (Å²) in [6.45, 7) is 8.64. The van der Waals surface area contributed by atoms with Crippen LogP contribution in [0.3, 0.4) is 0 Å². The maximum atomic E-state index is 11.7. The summed E-state index contributed by atoms with van der Waals surface area (Å²) in [7, 11) is 0. The van der Waals surface area contributed by atoms with Gasteiger partial charge in [-0.05, 0) is 33.6 Å². The number of carbonyl (C=O) groups excluding carboxylic acids is 1. The fourth-order valence-corrected chi connectivity index (χ4v) is 1.90. The van der Waals surface area contributed by atoms with Crippen molar-refractivity contribution in [2.75, 3.05) is 19.6 Å². The lowest BCUT2D eigenvalue weighted by Gasteiger charge is -2.30. The van der Waals surface area contributed by atoms with E-state index in [0.717, 1.165) is 32.5 Å². The number of rotatable bonds is 3. The Balaban J connectivity index is 2.31. The lowest BCUT2D eigenvalue weighted by atomic mass is 10.0. The molecular formula is C11H23N3O. The van der Waals surface area contributed by atoms with E-state index in [0.29, 0.717) is 12.1 Å². The van der Waals surface area contributed by atoms with Crippen LogP contribution in [0.5, 0.6) is 0 Å². The summed E-state index contributed by atoms with van der Waals surface area (Å²) >= 11 is 0.